The molecule has 0 saturated heterocycles. The largest absolute Gasteiger partial charge is 0.390 e. The van der Waals surface area contributed by atoms with Crippen LogP contribution in [-0.2, 0) is 4.79 Å². The normalized spacial score (nSPS) is 46.2. The van der Waals surface area contributed by atoms with E-state index in [0.29, 0.717) is 18.1 Å². The van der Waals surface area contributed by atoms with Gasteiger partial charge in [-0.3, -0.25) is 4.79 Å². The summed E-state index contributed by atoms with van der Waals surface area (Å²) in [5.41, 5.74) is -0.721. The van der Waals surface area contributed by atoms with Crippen LogP contribution < -0.4 is 0 Å². The molecule has 2 rings (SSSR count). The zero-order valence-corrected chi connectivity index (χ0v) is 7.92. The molecular formula is C10H16O2. The van der Waals surface area contributed by atoms with Crippen LogP contribution in [0.1, 0.15) is 33.6 Å². The van der Waals surface area contributed by atoms with Crippen LogP contribution in [0, 0.1) is 17.3 Å². The summed E-state index contributed by atoms with van der Waals surface area (Å²) in [5, 5.41) is 9.90. The van der Waals surface area contributed by atoms with Gasteiger partial charge in [-0.25, -0.2) is 0 Å². The molecule has 0 aliphatic heterocycles. The van der Waals surface area contributed by atoms with Crippen molar-refractivity contribution in [3.8, 4) is 0 Å². The molecular weight excluding hydrogens is 152 g/mol. The van der Waals surface area contributed by atoms with Gasteiger partial charge < -0.3 is 5.11 Å². The lowest BCUT2D eigenvalue weighted by molar-refractivity contribution is -0.122. The fourth-order valence-corrected chi connectivity index (χ4v) is 2.81. The fourth-order valence-electron chi connectivity index (χ4n) is 2.81. The van der Waals surface area contributed by atoms with Crippen LogP contribution >= 0.6 is 0 Å². The lowest BCUT2D eigenvalue weighted by atomic mass is 9.85. The van der Waals surface area contributed by atoms with E-state index in [4.69, 9.17) is 0 Å². The molecule has 0 aromatic heterocycles. The molecule has 3 unspecified atom stereocenters. The van der Waals surface area contributed by atoms with Crippen LogP contribution in [0.3, 0.4) is 0 Å². The molecule has 1 N–H and O–H groups in total. The molecule has 2 aliphatic rings. The molecule has 2 saturated carbocycles. The number of hydrogen-bond acceptors (Lipinski definition) is 2. The maximum atomic E-state index is 11.4. The van der Waals surface area contributed by atoms with Gasteiger partial charge in [-0.1, -0.05) is 6.92 Å². The van der Waals surface area contributed by atoms with Gasteiger partial charge in [0.2, 0.25) is 0 Å². The van der Waals surface area contributed by atoms with Crippen molar-refractivity contribution in [2.75, 3.05) is 0 Å². The number of hydrogen-bond donors (Lipinski definition) is 1. The Kier molecular flexibility index (Phi) is 1.32. The molecule has 3 atom stereocenters. The topological polar surface area (TPSA) is 37.3 Å². The highest BCUT2D eigenvalue weighted by atomic mass is 16.3. The van der Waals surface area contributed by atoms with Crippen LogP contribution in [0.15, 0.2) is 0 Å². The minimum atomic E-state index is -0.669. The van der Waals surface area contributed by atoms with Gasteiger partial charge in [-0.05, 0) is 26.2 Å². The standard InChI is InChI=1S/C10H16O2/c1-6-7-4-10(7,5-8(6)11)9(2,3)12/h6-7,12H,4-5H2,1-3H3. The van der Waals surface area contributed by atoms with E-state index in [0.717, 1.165) is 6.42 Å². The summed E-state index contributed by atoms with van der Waals surface area (Å²) < 4.78 is 0. The van der Waals surface area contributed by atoms with E-state index in [1.165, 1.54) is 0 Å². The Morgan fingerprint density at radius 3 is 2.42 bits per heavy atom. The Morgan fingerprint density at radius 1 is 1.58 bits per heavy atom. The van der Waals surface area contributed by atoms with Crippen LogP contribution in [-0.4, -0.2) is 16.5 Å². The quantitative estimate of drug-likeness (QED) is 0.642. The number of carbonyl (C=O) groups excluding carboxylic acids is 1. The molecule has 0 heterocycles. The first-order valence-electron chi connectivity index (χ1n) is 4.63. The number of ketones is 1. The minimum absolute atomic E-state index is 0.0521. The van der Waals surface area contributed by atoms with Crippen molar-refractivity contribution >= 4 is 5.78 Å². The van der Waals surface area contributed by atoms with Gasteiger partial charge >= 0.3 is 0 Å². The SMILES string of the molecule is CC1C(=O)CC2(C(C)(C)O)CC12. The average Bonchev–Trinajstić information content (AvgIpc) is 2.55. The third kappa shape index (κ3) is 0.764. The van der Waals surface area contributed by atoms with Gasteiger partial charge in [-0.15, -0.1) is 0 Å². The lowest BCUT2D eigenvalue weighted by Gasteiger charge is -2.27. The van der Waals surface area contributed by atoms with Gasteiger partial charge in [0.15, 0.2) is 0 Å². The predicted octanol–water partition coefficient (Wildman–Crippen LogP) is 1.37. The molecule has 68 valence electrons. The van der Waals surface area contributed by atoms with Crippen molar-refractivity contribution in [1.29, 1.82) is 0 Å². The third-order valence-electron chi connectivity index (χ3n) is 3.95. The van der Waals surface area contributed by atoms with Crippen molar-refractivity contribution in [3.05, 3.63) is 0 Å². The number of aliphatic hydroxyl groups is 1. The van der Waals surface area contributed by atoms with Crippen molar-refractivity contribution in [1.82, 2.24) is 0 Å². The number of Topliss-reactive ketones (excluding diaryl/α,β-unsaturated/α-hetero) is 1. The van der Waals surface area contributed by atoms with E-state index >= 15 is 0 Å². The summed E-state index contributed by atoms with van der Waals surface area (Å²) in [7, 11) is 0. The second kappa shape index (κ2) is 1.92. The Labute approximate surface area is 73.0 Å². The first-order chi connectivity index (χ1) is 5.38. The van der Waals surface area contributed by atoms with E-state index in [1.807, 2.05) is 20.8 Å². The average molecular weight is 168 g/mol. The molecule has 0 radical (unpaired) electrons. The summed E-state index contributed by atoms with van der Waals surface area (Å²) in [4.78, 5) is 11.4. The van der Waals surface area contributed by atoms with E-state index in [9.17, 15) is 9.90 Å². The second-order valence-electron chi connectivity index (χ2n) is 4.96. The minimum Gasteiger partial charge on any atom is -0.390 e. The van der Waals surface area contributed by atoms with Crippen LogP contribution in [0.25, 0.3) is 0 Å². The fraction of sp³-hybridized carbons (Fsp3) is 0.900. The van der Waals surface area contributed by atoms with Gasteiger partial charge in [0, 0.05) is 17.8 Å². The number of rotatable bonds is 1. The van der Waals surface area contributed by atoms with Crippen molar-refractivity contribution in [3.63, 3.8) is 0 Å². The highest BCUT2D eigenvalue weighted by Gasteiger charge is 2.69. The zero-order valence-electron chi connectivity index (χ0n) is 7.92. The van der Waals surface area contributed by atoms with Crippen LogP contribution in [0.5, 0.6) is 0 Å². The predicted molar refractivity (Wildman–Crippen MR) is 45.6 cm³/mol. The van der Waals surface area contributed by atoms with Crippen molar-refractivity contribution in [2.45, 2.75) is 39.2 Å². The molecule has 12 heavy (non-hydrogen) atoms. The smallest absolute Gasteiger partial charge is 0.136 e. The van der Waals surface area contributed by atoms with Gasteiger partial charge in [0.1, 0.15) is 5.78 Å². The van der Waals surface area contributed by atoms with E-state index < -0.39 is 5.60 Å². The van der Waals surface area contributed by atoms with E-state index in [-0.39, 0.29) is 11.3 Å². The molecule has 0 spiro atoms. The van der Waals surface area contributed by atoms with E-state index in [1.54, 1.807) is 0 Å². The summed E-state index contributed by atoms with van der Waals surface area (Å²) >= 11 is 0. The first kappa shape index (κ1) is 8.24. The summed E-state index contributed by atoms with van der Waals surface area (Å²) in [6, 6.07) is 0. The zero-order chi connectivity index (χ0) is 9.15. The Balaban J connectivity index is 2.26. The second-order valence-corrected chi connectivity index (χ2v) is 4.96. The molecule has 2 aliphatic carbocycles. The van der Waals surface area contributed by atoms with Gasteiger partial charge in [0.05, 0.1) is 5.60 Å². The maximum absolute atomic E-state index is 11.4. The molecule has 2 heteroatoms. The monoisotopic (exact) mass is 168 g/mol. The summed E-state index contributed by atoms with van der Waals surface area (Å²) in [5.74, 6) is 0.995. The van der Waals surface area contributed by atoms with Crippen molar-refractivity contribution < 1.29 is 9.90 Å². The van der Waals surface area contributed by atoms with Gasteiger partial charge in [0.25, 0.3) is 0 Å². The Hall–Kier alpha value is -0.370. The molecule has 2 nitrogen and oxygen atoms in total. The summed E-state index contributed by atoms with van der Waals surface area (Å²) in [6.07, 6.45) is 1.64. The molecule has 0 aromatic rings. The highest BCUT2D eigenvalue weighted by molar-refractivity contribution is 5.86. The Bertz CT molecular complexity index is 239. The molecule has 0 bridgehead atoms. The third-order valence-corrected chi connectivity index (χ3v) is 3.95. The molecule has 2 fully saturated rings. The molecule has 0 aromatic carbocycles. The van der Waals surface area contributed by atoms with Crippen LogP contribution in [0.4, 0.5) is 0 Å². The van der Waals surface area contributed by atoms with Gasteiger partial charge in [-0.2, -0.15) is 0 Å². The Morgan fingerprint density at radius 2 is 2.17 bits per heavy atom. The van der Waals surface area contributed by atoms with E-state index in [2.05, 4.69) is 0 Å². The maximum Gasteiger partial charge on any atom is 0.136 e. The van der Waals surface area contributed by atoms with Crippen molar-refractivity contribution in [2.24, 2.45) is 17.3 Å². The lowest BCUT2D eigenvalue weighted by Crippen LogP contribution is -2.33. The summed E-state index contributed by atoms with van der Waals surface area (Å²) in [6.45, 7) is 5.66. The first-order valence-corrected chi connectivity index (χ1v) is 4.63. The number of carbonyl (C=O) groups is 1. The molecule has 0 amide bonds. The number of fused-ring (bicyclic) bond motifs is 1. The highest BCUT2D eigenvalue weighted by Crippen LogP contribution is 2.69. The van der Waals surface area contributed by atoms with Crippen LogP contribution in [0.2, 0.25) is 0 Å².